The average Bonchev–Trinajstić information content (AvgIpc) is 2.95. The highest BCUT2D eigenvalue weighted by molar-refractivity contribution is 5.72. The van der Waals surface area contributed by atoms with Crippen LogP contribution in [0.2, 0.25) is 0 Å². The molecule has 0 atom stereocenters. The van der Waals surface area contributed by atoms with Gasteiger partial charge in [0.05, 0.1) is 13.5 Å². The van der Waals surface area contributed by atoms with Crippen molar-refractivity contribution in [2.75, 3.05) is 14.2 Å². The van der Waals surface area contributed by atoms with Gasteiger partial charge < -0.3 is 4.74 Å². The molecular formula is C16H23NO2. The van der Waals surface area contributed by atoms with E-state index in [1.165, 1.54) is 38.4 Å². The number of ether oxygens (including phenoxy) is 1. The van der Waals surface area contributed by atoms with E-state index in [1.54, 1.807) is 0 Å². The van der Waals surface area contributed by atoms with Gasteiger partial charge in [-0.2, -0.15) is 0 Å². The lowest BCUT2D eigenvalue weighted by Crippen LogP contribution is -2.29. The van der Waals surface area contributed by atoms with Crippen LogP contribution in [-0.4, -0.2) is 31.1 Å². The summed E-state index contributed by atoms with van der Waals surface area (Å²) in [7, 11) is 3.63. The number of carbonyl (C=O) groups is 1. The molecule has 0 bridgehead atoms. The van der Waals surface area contributed by atoms with E-state index in [1.807, 2.05) is 18.2 Å². The van der Waals surface area contributed by atoms with Gasteiger partial charge in [0.25, 0.3) is 0 Å². The molecule has 0 amide bonds. The van der Waals surface area contributed by atoms with Crippen molar-refractivity contribution in [3.63, 3.8) is 0 Å². The fourth-order valence-electron chi connectivity index (χ4n) is 2.85. The quantitative estimate of drug-likeness (QED) is 0.763. The zero-order chi connectivity index (χ0) is 13.7. The lowest BCUT2D eigenvalue weighted by Gasteiger charge is -2.25. The summed E-state index contributed by atoms with van der Waals surface area (Å²) < 4.78 is 4.76. The Kier molecular flexibility index (Phi) is 4.97. The van der Waals surface area contributed by atoms with Crippen molar-refractivity contribution in [3.8, 4) is 0 Å². The number of hydrogen-bond acceptors (Lipinski definition) is 3. The predicted molar refractivity (Wildman–Crippen MR) is 75.9 cm³/mol. The third kappa shape index (κ3) is 3.80. The van der Waals surface area contributed by atoms with Crippen LogP contribution in [0, 0.1) is 0 Å². The van der Waals surface area contributed by atoms with E-state index < -0.39 is 0 Å². The Labute approximate surface area is 115 Å². The minimum Gasteiger partial charge on any atom is -0.469 e. The predicted octanol–water partition coefficient (Wildman–Crippen LogP) is 2.78. The monoisotopic (exact) mass is 261 g/mol. The fraction of sp³-hybridized carbons (Fsp3) is 0.562. The Morgan fingerprint density at radius 3 is 2.53 bits per heavy atom. The molecule has 1 aromatic rings. The van der Waals surface area contributed by atoms with Gasteiger partial charge in [0.15, 0.2) is 0 Å². The smallest absolute Gasteiger partial charge is 0.309 e. The number of carbonyl (C=O) groups excluding carboxylic acids is 1. The van der Waals surface area contributed by atoms with Crippen molar-refractivity contribution in [2.24, 2.45) is 0 Å². The largest absolute Gasteiger partial charge is 0.469 e. The molecule has 1 saturated carbocycles. The van der Waals surface area contributed by atoms with Gasteiger partial charge in [-0.1, -0.05) is 37.1 Å². The molecule has 1 fully saturated rings. The first kappa shape index (κ1) is 14.1. The molecule has 0 spiro atoms. The normalized spacial score (nSPS) is 15.9. The molecule has 19 heavy (non-hydrogen) atoms. The Balaban J connectivity index is 2.04. The summed E-state index contributed by atoms with van der Waals surface area (Å²) in [4.78, 5) is 13.9. The van der Waals surface area contributed by atoms with E-state index in [9.17, 15) is 4.79 Å². The zero-order valence-electron chi connectivity index (χ0n) is 11.9. The van der Waals surface area contributed by atoms with E-state index in [0.717, 1.165) is 12.1 Å². The molecule has 2 rings (SSSR count). The van der Waals surface area contributed by atoms with Crippen LogP contribution in [0.25, 0.3) is 0 Å². The van der Waals surface area contributed by atoms with Gasteiger partial charge in [0.2, 0.25) is 0 Å². The van der Waals surface area contributed by atoms with Crippen LogP contribution in [-0.2, 0) is 22.5 Å². The Hall–Kier alpha value is -1.35. The second kappa shape index (κ2) is 6.71. The maximum atomic E-state index is 11.4. The van der Waals surface area contributed by atoms with Crippen molar-refractivity contribution in [2.45, 2.75) is 44.7 Å². The van der Waals surface area contributed by atoms with Crippen LogP contribution in [0.4, 0.5) is 0 Å². The lowest BCUT2D eigenvalue weighted by atomic mass is 10.0. The van der Waals surface area contributed by atoms with E-state index in [-0.39, 0.29) is 5.97 Å². The molecule has 0 radical (unpaired) electrons. The van der Waals surface area contributed by atoms with Crippen molar-refractivity contribution in [3.05, 3.63) is 35.4 Å². The summed E-state index contributed by atoms with van der Waals surface area (Å²) in [5.74, 6) is -0.170. The van der Waals surface area contributed by atoms with E-state index in [2.05, 4.69) is 18.0 Å². The Bertz CT molecular complexity index is 425. The van der Waals surface area contributed by atoms with Gasteiger partial charge in [-0.25, -0.2) is 0 Å². The minimum atomic E-state index is -0.170. The van der Waals surface area contributed by atoms with Crippen LogP contribution in [0.3, 0.4) is 0 Å². The number of esters is 1. The van der Waals surface area contributed by atoms with Gasteiger partial charge in [-0.05, 0) is 31.0 Å². The molecule has 0 aromatic heterocycles. The third-order valence-electron chi connectivity index (χ3n) is 4.05. The minimum absolute atomic E-state index is 0.170. The molecule has 0 unspecified atom stereocenters. The molecule has 1 aliphatic rings. The maximum Gasteiger partial charge on any atom is 0.309 e. The molecular weight excluding hydrogens is 238 g/mol. The van der Waals surface area contributed by atoms with Crippen LogP contribution in [0.5, 0.6) is 0 Å². The van der Waals surface area contributed by atoms with E-state index in [0.29, 0.717) is 12.5 Å². The summed E-state index contributed by atoms with van der Waals surface area (Å²) >= 11 is 0. The van der Waals surface area contributed by atoms with Gasteiger partial charge in [-0.3, -0.25) is 9.69 Å². The zero-order valence-corrected chi connectivity index (χ0v) is 11.9. The van der Waals surface area contributed by atoms with Gasteiger partial charge in [0.1, 0.15) is 0 Å². The molecule has 1 aromatic carbocycles. The summed E-state index contributed by atoms with van der Waals surface area (Å²) in [6, 6.07) is 8.86. The van der Waals surface area contributed by atoms with Crippen LogP contribution in [0.15, 0.2) is 24.3 Å². The summed E-state index contributed by atoms with van der Waals surface area (Å²) in [6.45, 7) is 0.915. The van der Waals surface area contributed by atoms with Crippen LogP contribution in [0.1, 0.15) is 36.8 Å². The molecule has 104 valence electrons. The molecule has 1 aliphatic carbocycles. The number of methoxy groups -OCH3 is 1. The lowest BCUT2D eigenvalue weighted by molar-refractivity contribution is -0.139. The SMILES string of the molecule is COC(=O)Cc1ccccc1CN(C)C1CCCC1. The number of benzene rings is 1. The van der Waals surface area contributed by atoms with Crippen LogP contribution >= 0.6 is 0 Å². The summed E-state index contributed by atoms with van der Waals surface area (Å²) in [5.41, 5.74) is 2.32. The summed E-state index contributed by atoms with van der Waals surface area (Å²) in [6.07, 6.45) is 5.66. The number of hydrogen-bond donors (Lipinski definition) is 0. The molecule has 3 nitrogen and oxygen atoms in total. The average molecular weight is 261 g/mol. The van der Waals surface area contributed by atoms with Gasteiger partial charge in [0, 0.05) is 12.6 Å². The van der Waals surface area contributed by atoms with E-state index >= 15 is 0 Å². The van der Waals surface area contributed by atoms with Gasteiger partial charge >= 0.3 is 5.97 Å². The maximum absolute atomic E-state index is 11.4. The topological polar surface area (TPSA) is 29.5 Å². The van der Waals surface area contributed by atoms with Crippen LogP contribution < -0.4 is 0 Å². The fourth-order valence-corrected chi connectivity index (χ4v) is 2.85. The Morgan fingerprint density at radius 1 is 1.26 bits per heavy atom. The molecule has 0 aliphatic heterocycles. The standard InChI is InChI=1S/C16H23NO2/c1-17(15-9-5-6-10-15)12-14-8-4-3-7-13(14)11-16(18)19-2/h3-4,7-8,15H,5-6,9-12H2,1-2H3. The molecule has 3 heteroatoms. The summed E-state index contributed by atoms with van der Waals surface area (Å²) in [5, 5.41) is 0. The van der Waals surface area contributed by atoms with Crippen molar-refractivity contribution < 1.29 is 9.53 Å². The molecule has 0 N–H and O–H groups in total. The second-order valence-electron chi connectivity index (χ2n) is 5.38. The highest BCUT2D eigenvalue weighted by Crippen LogP contribution is 2.24. The second-order valence-corrected chi connectivity index (χ2v) is 5.38. The first-order valence-electron chi connectivity index (χ1n) is 7.04. The van der Waals surface area contributed by atoms with Crippen molar-refractivity contribution in [1.29, 1.82) is 0 Å². The first-order chi connectivity index (χ1) is 9.20. The third-order valence-corrected chi connectivity index (χ3v) is 4.05. The van der Waals surface area contributed by atoms with Crippen molar-refractivity contribution in [1.82, 2.24) is 4.90 Å². The van der Waals surface area contributed by atoms with E-state index in [4.69, 9.17) is 4.74 Å². The molecule has 0 heterocycles. The highest BCUT2D eigenvalue weighted by atomic mass is 16.5. The van der Waals surface area contributed by atoms with Gasteiger partial charge in [-0.15, -0.1) is 0 Å². The molecule has 0 saturated heterocycles. The first-order valence-corrected chi connectivity index (χ1v) is 7.04. The number of nitrogens with zero attached hydrogens (tertiary/aromatic N) is 1. The Morgan fingerprint density at radius 2 is 1.89 bits per heavy atom. The number of rotatable bonds is 5. The van der Waals surface area contributed by atoms with Crippen molar-refractivity contribution >= 4 is 5.97 Å². The highest BCUT2D eigenvalue weighted by Gasteiger charge is 2.20.